The SMILES string of the molecule is COC1(c2noc(-c3ccccc3N)n2)CCC1. The summed E-state index contributed by atoms with van der Waals surface area (Å²) in [5, 5.41) is 4.03. The molecule has 1 aromatic carbocycles. The Bertz CT molecular complexity index is 555. The minimum Gasteiger partial charge on any atom is -0.398 e. The minimum absolute atomic E-state index is 0.356. The molecule has 0 aliphatic heterocycles. The number of anilines is 1. The molecule has 1 fully saturated rings. The maximum Gasteiger partial charge on any atom is 0.260 e. The molecule has 1 aliphatic carbocycles. The fourth-order valence-corrected chi connectivity index (χ4v) is 2.23. The van der Waals surface area contributed by atoms with Crippen LogP contribution in [0.15, 0.2) is 28.8 Å². The lowest BCUT2D eigenvalue weighted by Gasteiger charge is -2.37. The standard InChI is InChI=1S/C13H15N3O2/c1-17-13(7-4-8-13)12-15-11(18-16-12)9-5-2-3-6-10(9)14/h2-3,5-6H,4,7-8,14H2,1H3. The minimum atomic E-state index is -0.356. The second kappa shape index (κ2) is 4.10. The topological polar surface area (TPSA) is 74.2 Å². The van der Waals surface area contributed by atoms with Crippen LogP contribution >= 0.6 is 0 Å². The Morgan fingerprint density at radius 3 is 2.72 bits per heavy atom. The van der Waals surface area contributed by atoms with E-state index in [4.69, 9.17) is 15.0 Å². The molecule has 0 atom stereocenters. The zero-order valence-electron chi connectivity index (χ0n) is 10.2. The summed E-state index contributed by atoms with van der Waals surface area (Å²) in [6.45, 7) is 0. The van der Waals surface area contributed by atoms with Gasteiger partial charge in [0.25, 0.3) is 5.89 Å². The van der Waals surface area contributed by atoms with E-state index in [-0.39, 0.29) is 5.60 Å². The first-order chi connectivity index (χ1) is 8.75. The number of ether oxygens (including phenoxy) is 1. The van der Waals surface area contributed by atoms with Gasteiger partial charge in [-0.05, 0) is 31.4 Å². The highest BCUT2D eigenvalue weighted by molar-refractivity contribution is 5.69. The predicted molar refractivity (Wildman–Crippen MR) is 66.7 cm³/mol. The quantitative estimate of drug-likeness (QED) is 0.840. The molecule has 1 saturated carbocycles. The van der Waals surface area contributed by atoms with Gasteiger partial charge in [0, 0.05) is 12.8 Å². The summed E-state index contributed by atoms with van der Waals surface area (Å²) in [6, 6.07) is 7.45. The molecule has 5 nitrogen and oxygen atoms in total. The van der Waals surface area contributed by atoms with Gasteiger partial charge < -0.3 is 15.0 Å². The molecule has 3 rings (SSSR count). The third-order valence-corrected chi connectivity index (χ3v) is 3.58. The van der Waals surface area contributed by atoms with Crippen LogP contribution in [0.1, 0.15) is 25.1 Å². The average Bonchev–Trinajstić information content (AvgIpc) is 2.79. The number of benzene rings is 1. The maximum absolute atomic E-state index is 5.89. The molecule has 0 saturated heterocycles. The van der Waals surface area contributed by atoms with E-state index in [1.165, 1.54) is 0 Å². The molecule has 1 heterocycles. The Kier molecular flexibility index (Phi) is 2.56. The van der Waals surface area contributed by atoms with Crippen LogP contribution < -0.4 is 5.73 Å². The Morgan fingerprint density at radius 1 is 1.33 bits per heavy atom. The highest BCUT2D eigenvalue weighted by Crippen LogP contribution is 2.43. The molecule has 0 bridgehead atoms. The maximum atomic E-state index is 5.89. The highest BCUT2D eigenvalue weighted by Gasteiger charge is 2.43. The van der Waals surface area contributed by atoms with Crippen molar-refractivity contribution in [2.75, 3.05) is 12.8 Å². The lowest BCUT2D eigenvalue weighted by molar-refractivity contribution is -0.0858. The van der Waals surface area contributed by atoms with Crippen molar-refractivity contribution in [3.05, 3.63) is 30.1 Å². The first kappa shape index (κ1) is 11.2. The number of nitrogen functional groups attached to an aromatic ring is 1. The first-order valence-electron chi connectivity index (χ1n) is 5.99. The van der Waals surface area contributed by atoms with E-state index in [1.807, 2.05) is 24.3 Å². The Hall–Kier alpha value is -1.88. The fourth-order valence-electron chi connectivity index (χ4n) is 2.23. The average molecular weight is 245 g/mol. The summed E-state index contributed by atoms with van der Waals surface area (Å²) in [7, 11) is 1.69. The molecule has 1 aliphatic rings. The molecule has 94 valence electrons. The van der Waals surface area contributed by atoms with Crippen LogP contribution in [-0.4, -0.2) is 17.3 Å². The molecule has 0 spiro atoms. The Balaban J connectivity index is 1.97. The van der Waals surface area contributed by atoms with E-state index in [0.29, 0.717) is 17.4 Å². The summed E-state index contributed by atoms with van der Waals surface area (Å²) in [4.78, 5) is 4.42. The number of para-hydroxylation sites is 1. The largest absolute Gasteiger partial charge is 0.398 e. The number of hydrogen-bond donors (Lipinski definition) is 1. The number of aromatic nitrogens is 2. The van der Waals surface area contributed by atoms with Gasteiger partial charge in [-0.25, -0.2) is 0 Å². The zero-order valence-corrected chi connectivity index (χ0v) is 10.2. The van der Waals surface area contributed by atoms with Crippen molar-refractivity contribution in [3.8, 4) is 11.5 Å². The summed E-state index contributed by atoms with van der Waals surface area (Å²) in [5.41, 5.74) is 6.93. The van der Waals surface area contributed by atoms with E-state index >= 15 is 0 Å². The van der Waals surface area contributed by atoms with Crippen LogP contribution in [0.25, 0.3) is 11.5 Å². The van der Waals surface area contributed by atoms with E-state index in [0.717, 1.165) is 24.8 Å². The van der Waals surface area contributed by atoms with Gasteiger partial charge >= 0.3 is 0 Å². The van der Waals surface area contributed by atoms with Gasteiger partial charge in [0.15, 0.2) is 0 Å². The van der Waals surface area contributed by atoms with Crippen molar-refractivity contribution in [2.24, 2.45) is 0 Å². The van der Waals surface area contributed by atoms with Gasteiger partial charge in [0.05, 0.1) is 5.56 Å². The lowest BCUT2D eigenvalue weighted by Crippen LogP contribution is -2.37. The monoisotopic (exact) mass is 245 g/mol. The van der Waals surface area contributed by atoms with Crippen LogP contribution in [0, 0.1) is 0 Å². The number of hydrogen-bond acceptors (Lipinski definition) is 5. The van der Waals surface area contributed by atoms with E-state index < -0.39 is 0 Å². The predicted octanol–water partition coefficient (Wildman–Crippen LogP) is 2.34. The molecular formula is C13H15N3O2. The zero-order chi connectivity index (χ0) is 12.6. The number of nitrogens with zero attached hydrogens (tertiary/aromatic N) is 2. The second-order valence-electron chi connectivity index (χ2n) is 4.56. The van der Waals surface area contributed by atoms with E-state index in [2.05, 4.69) is 10.1 Å². The summed E-state index contributed by atoms with van der Waals surface area (Å²) in [5.74, 6) is 1.07. The highest BCUT2D eigenvalue weighted by atomic mass is 16.5. The lowest BCUT2D eigenvalue weighted by atomic mass is 9.79. The molecule has 18 heavy (non-hydrogen) atoms. The second-order valence-corrected chi connectivity index (χ2v) is 4.56. The number of nitrogens with two attached hydrogens (primary N) is 1. The van der Waals surface area contributed by atoms with Crippen molar-refractivity contribution in [1.82, 2.24) is 10.1 Å². The van der Waals surface area contributed by atoms with Gasteiger partial charge in [-0.15, -0.1) is 0 Å². The van der Waals surface area contributed by atoms with E-state index in [1.54, 1.807) is 7.11 Å². The molecular weight excluding hydrogens is 230 g/mol. The van der Waals surface area contributed by atoms with Crippen LogP contribution in [-0.2, 0) is 10.3 Å². The van der Waals surface area contributed by atoms with Gasteiger partial charge in [-0.2, -0.15) is 4.98 Å². The van der Waals surface area contributed by atoms with Crippen LogP contribution in [0.3, 0.4) is 0 Å². The smallest absolute Gasteiger partial charge is 0.260 e. The van der Waals surface area contributed by atoms with Gasteiger partial charge in [0.1, 0.15) is 5.60 Å². The van der Waals surface area contributed by atoms with Crippen LogP contribution in [0.4, 0.5) is 5.69 Å². The normalized spacial score (nSPS) is 17.4. The number of methoxy groups -OCH3 is 1. The third kappa shape index (κ3) is 1.59. The van der Waals surface area contributed by atoms with E-state index in [9.17, 15) is 0 Å². The first-order valence-corrected chi connectivity index (χ1v) is 5.99. The van der Waals surface area contributed by atoms with Crippen LogP contribution in [0.5, 0.6) is 0 Å². The van der Waals surface area contributed by atoms with Gasteiger partial charge in [0.2, 0.25) is 5.82 Å². The van der Waals surface area contributed by atoms with Crippen molar-refractivity contribution < 1.29 is 9.26 Å². The molecule has 2 aromatic rings. The summed E-state index contributed by atoms with van der Waals surface area (Å²) < 4.78 is 10.8. The molecule has 0 radical (unpaired) electrons. The molecule has 0 amide bonds. The number of rotatable bonds is 3. The molecule has 1 aromatic heterocycles. The van der Waals surface area contributed by atoms with Crippen molar-refractivity contribution in [3.63, 3.8) is 0 Å². The molecule has 0 unspecified atom stereocenters. The Labute approximate surface area is 105 Å². The van der Waals surface area contributed by atoms with Gasteiger partial charge in [-0.3, -0.25) is 0 Å². The molecule has 2 N–H and O–H groups in total. The van der Waals surface area contributed by atoms with Crippen molar-refractivity contribution in [1.29, 1.82) is 0 Å². The van der Waals surface area contributed by atoms with Crippen molar-refractivity contribution in [2.45, 2.75) is 24.9 Å². The third-order valence-electron chi connectivity index (χ3n) is 3.58. The summed E-state index contributed by atoms with van der Waals surface area (Å²) in [6.07, 6.45) is 3.00. The van der Waals surface area contributed by atoms with Crippen LogP contribution in [0.2, 0.25) is 0 Å². The van der Waals surface area contributed by atoms with Crippen molar-refractivity contribution >= 4 is 5.69 Å². The summed E-state index contributed by atoms with van der Waals surface area (Å²) >= 11 is 0. The van der Waals surface area contributed by atoms with Gasteiger partial charge in [-0.1, -0.05) is 17.3 Å². The fraction of sp³-hybridized carbons (Fsp3) is 0.385. The molecule has 5 heteroatoms. The Morgan fingerprint density at radius 2 is 2.11 bits per heavy atom.